The maximum atomic E-state index is 12.3. The molecule has 0 bridgehead atoms. The van der Waals surface area contributed by atoms with E-state index in [1.807, 2.05) is 31.2 Å². The topological polar surface area (TPSA) is 20.3 Å². The second-order valence-electron chi connectivity index (χ2n) is 5.46. The van der Waals surface area contributed by atoms with Crippen LogP contribution in [0.3, 0.4) is 0 Å². The second kappa shape index (κ2) is 6.14. The normalized spacial score (nSPS) is 21.6. The molecule has 0 spiro atoms. The lowest BCUT2D eigenvalue weighted by molar-refractivity contribution is 0.0901. The number of Topliss-reactive ketones (excluding diaryl/α,β-unsaturated/α-hetero) is 1. The number of benzene rings is 1. The van der Waals surface area contributed by atoms with Gasteiger partial charge >= 0.3 is 0 Å². The van der Waals surface area contributed by atoms with Gasteiger partial charge in [-0.1, -0.05) is 36.6 Å². The summed E-state index contributed by atoms with van der Waals surface area (Å²) < 4.78 is 0. The number of nitrogens with zero attached hydrogens (tertiary/aromatic N) is 1. The molecule has 1 unspecified atom stereocenters. The summed E-state index contributed by atoms with van der Waals surface area (Å²) in [7, 11) is 0. The maximum Gasteiger partial charge on any atom is 0.176 e. The van der Waals surface area contributed by atoms with Crippen LogP contribution in [0.1, 0.15) is 48.5 Å². The molecule has 1 aromatic carbocycles. The molecule has 1 fully saturated rings. The average Bonchev–Trinajstić information content (AvgIpc) is 2.55. The Morgan fingerprint density at radius 1 is 1.33 bits per heavy atom. The first-order valence-electron chi connectivity index (χ1n) is 7.01. The Labute approximate surface area is 110 Å². The Morgan fingerprint density at radius 3 is 2.94 bits per heavy atom. The van der Waals surface area contributed by atoms with E-state index in [1.54, 1.807) is 0 Å². The van der Waals surface area contributed by atoms with Crippen LogP contribution in [-0.4, -0.2) is 29.8 Å². The van der Waals surface area contributed by atoms with Gasteiger partial charge in [0, 0.05) is 11.6 Å². The number of rotatable bonds is 3. The van der Waals surface area contributed by atoms with E-state index in [1.165, 1.54) is 25.7 Å². The van der Waals surface area contributed by atoms with Crippen molar-refractivity contribution in [2.75, 3.05) is 13.1 Å². The van der Waals surface area contributed by atoms with E-state index >= 15 is 0 Å². The maximum absolute atomic E-state index is 12.3. The zero-order valence-corrected chi connectivity index (χ0v) is 11.5. The highest BCUT2D eigenvalue weighted by atomic mass is 16.1. The Bertz CT molecular complexity index is 413. The number of likely N-dealkylation sites (tertiary alicyclic amines) is 1. The van der Waals surface area contributed by atoms with Crippen molar-refractivity contribution in [3.8, 4) is 0 Å². The first-order valence-corrected chi connectivity index (χ1v) is 7.01. The first kappa shape index (κ1) is 13.3. The van der Waals surface area contributed by atoms with E-state index in [9.17, 15) is 4.79 Å². The Kier molecular flexibility index (Phi) is 4.54. The average molecular weight is 245 g/mol. The van der Waals surface area contributed by atoms with Gasteiger partial charge < -0.3 is 0 Å². The van der Waals surface area contributed by atoms with Gasteiger partial charge in [-0.15, -0.1) is 0 Å². The monoisotopic (exact) mass is 245 g/mol. The van der Waals surface area contributed by atoms with Crippen LogP contribution in [0.5, 0.6) is 0 Å². The van der Waals surface area contributed by atoms with Crippen molar-refractivity contribution in [3.63, 3.8) is 0 Å². The molecule has 2 heteroatoms. The van der Waals surface area contributed by atoms with Crippen LogP contribution in [-0.2, 0) is 0 Å². The van der Waals surface area contributed by atoms with Gasteiger partial charge in [-0.25, -0.2) is 0 Å². The Hall–Kier alpha value is -1.15. The van der Waals surface area contributed by atoms with Gasteiger partial charge in [0.2, 0.25) is 0 Å². The van der Waals surface area contributed by atoms with E-state index in [0.29, 0.717) is 12.6 Å². The quantitative estimate of drug-likeness (QED) is 0.760. The summed E-state index contributed by atoms with van der Waals surface area (Å²) in [5, 5.41) is 0. The zero-order chi connectivity index (χ0) is 13.0. The fraction of sp³-hybridized carbons (Fsp3) is 0.562. The molecule has 2 rings (SSSR count). The molecule has 1 saturated heterocycles. The standard InChI is InChI=1S/C16H23NO/c1-13-7-6-9-15(11-13)16(18)12-17-10-5-3-4-8-14(17)2/h6-7,9,11,14H,3-5,8,10,12H2,1-2H3. The molecule has 1 aliphatic rings. The summed E-state index contributed by atoms with van der Waals surface area (Å²) in [4.78, 5) is 14.6. The van der Waals surface area contributed by atoms with E-state index in [-0.39, 0.29) is 5.78 Å². The van der Waals surface area contributed by atoms with Crippen LogP contribution in [0.4, 0.5) is 0 Å². The van der Waals surface area contributed by atoms with Crippen molar-refractivity contribution in [2.45, 2.75) is 45.6 Å². The van der Waals surface area contributed by atoms with E-state index in [0.717, 1.165) is 17.7 Å². The van der Waals surface area contributed by atoms with Crippen molar-refractivity contribution in [2.24, 2.45) is 0 Å². The highest BCUT2D eigenvalue weighted by Gasteiger charge is 2.19. The smallest absolute Gasteiger partial charge is 0.176 e. The van der Waals surface area contributed by atoms with Crippen molar-refractivity contribution in [1.29, 1.82) is 0 Å². The van der Waals surface area contributed by atoms with Gasteiger partial charge in [0.15, 0.2) is 5.78 Å². The lowest BCUT2D eigenvalue weighted by atomic mass is 10.1. The minimum Gasteiger partial charge on any atom is -0.293 e. The number of carbonyl (C=O) groups excluding carboxylic acids is 1. The largest absolute Gasteiger partial charge is 0.293 e. The number of carbonyl (C=O) groups is 1. The van der Waals surface area contributed by atoms with Crippen LogP contribution < -0.4 is 0 Å². The zero-order valence-electron chi connectivity index (χ0n) is 11.5. The van der Waals surface area contributed by atoms with Crippen LogP contribution in [0.25, 0.3) is 0 Å². The van der Waals surface area contributed by atoms with Crippen LogP contribution in [0.15, 0.2) is 24.3 Å². The molecule has 0 aromatic heterocycles. The third kappa shape index (κ3) is 3.42. The van der Waals surface area contributed by atoms with Crippen LogP contribution in [0, 0.1) is 6.92 Å². The summed E-state index contributed by atoms with van der Waals surface area (Å²) >= 11 is 0. The molecule has 1 aromatic rings. The molecular formula is C16H23NO. The van der Waals surface area contributed by atoms with E-state index in [4.69, 9.17) is 0 Å². The fourth-order valence-corrected chi connectivity index (χ4v) is 2.66. The molecule has 0 radical (unpaired) electrons. The lowest BCUT2D eigenvalue weighted by Gasteiger charge is -2.26. The second-order valence-corrected chi connectivity index (χ2v) is 5.46. The molecular weight excluding hydrogens is 222 g/mol. The fourth-order valence-electron chi connectivity index (χ4n) is 2.66. The summed E-state index contributed by atoms with van der Waals surface area (Å²) in [5.41, 5.74) is 2.01. The van der Waals surface area contributed by atoms with Crippen molar-refractivity contribution in [1.82, 2.24) is 4.90 Å². The lowest BCUT2D eigenvalue weighted by Crippen LogP contribution is -2.37. The van der Waals surface area contributed by atoms with Crippen LogP contribution >= 0.6 is 0 Å². The van der Waals surface area contributed by atoms with Gasteiger partial charge in [0.05, 0.1) is 6.54 Å². The Balaban J connectivity index is 2.01. The van der Waals surface area contributed by atoms with E-state index in [2.05, 4.69) is 11.8 Å². The molecule has 0 saturated carbocycles. The predicted molar refractivity (Wildman–Crippen MR) is 75.0 cm³/mol. The predicted octanol–water partition coefficient (Wildman–Crippen LogP) is 3.44. The number of hydrogen-bond donors (Lipinski definition) is 0. The van der Waals surface area contributed by atoms with Crippen molar-refractivity contribution in [3.05, 3.63) is 35.4 Å². The summed E-state index contributed by atoms with van der Waals surface area (Å²) in [6, 6.07) is 8.46. The van der Waals surface area contributed by atoms with Gasteiger partial charge in [0.1, 0.15) is 0 Å². The third-order valence-electron chi connectivity index (χ3n) is 3.88. The molecule has 18 heavy (non-hydrogen) atoms. The summed E-state index contributed by atoms with van der Waals surface area (Å²) in [5.74, 6) is 0.257. The Morgan fingerprint density at radius 2 is 2.17 bits per heavy atom. The van der Waals surface area contributed by atoms with Crippen molar-refractivity contribution >= 4 is 5.78 Å². The van der Waals surface area contributed by atoms with Crippen LogP contribution in [0.2, 0.25) is 0 Å². The van der Waals surface area contributed by atoms with Gasteiger partial charge in [-0.3, -0.25) is 9.69 Å². The first-order chi connectivity index (χ1) is 8.66. The van der Waals surface area contributed by atoms with E-state index < -0.39 is 0 Å². The number of hydrogen-bond acceptors (Lipinski definition) is 2. The van der Waals surface area contributed by atoms with Gasteiger partial charge in [-0.05, 0) is 39.3 Å². The summed E-state index contributed by atoms with van der Waals surface area (Å²) in [6.45, 7) is 5.92. The molecule has 2 nitrogen and oxygen atoms in total. The van der Waals surface area contributed by atoms with Gasteiger partial charge in [-0.2, -0.15) is 0 Å². The number of aryl methyl sites for hydroxylation is 1. The highest BCUT2D eigenvalue weighted by molar-refractivity contribution is 5.97. The summed E-state index contributed by atoms with van der Waals surface area (Å²) in [6.07, 6.45) is 5.06. The molecule has 1 atom stereocenters. The molecule has 98 valence electrons. The van der Waals surface area contributed by atoms with Gasteiger partial charge in [0.25, 0.3) is 0 Å². The molecule has 0 amide bonds. The van der Waals surface area contributed by atoms with Crippen molar-refractivity contribution < 1.29 is 4.79 Å². The third-order valence-corrected chi connectivity index (χ3v) is 3.88. The highest BCUT2D eigenvalue weighted by Crippen LogP contribution is 2.17. The molecule has 1 heterocycles. The SMILES string of the molecule is Cc1cccc(C(=O)CN2CCCCCC2C)c1. The molecule has 0 N–H and O–H groups in total. The minimum atomic E-state index is 0.257. The minimum absolute atomic E-state index is 0.257. The number of ketones is 1. The molecule has 1 aliphatic heterocycles. The molecule has 0 aliphatic carbocycles.